The number of sulfonamides is 1. The zero-order valence-corrected chi connectivity index (χ0v) is 16.9. The van der Waals surface area contributed by atoms with Crippen LogP contribution in [0, 0.1) is 23.0 Å². The summed E-state index contributed by atoms with van der Waals surface area (Å²) in [4.78, 5) is 12.7. The summed E-state index contributed by atoms with van der Waals surface area (Å²) in [6.45, 7) is 6.04. The van der Waals surface area contributed by atoms with Crippen molar-refractivity contribution in [2.45, 2.75) is 38.1 Å². The Bertz CT molecular complexity index is 958. The monoisotopic (exact) mass is 403 g/mol. The maximum atomic E-state index is 12.5. The highest BCUT2D eigenvalue weighted by molar-refractivity contribution is 7.89. The van der Waals surface area contributed by atoms with E-state index in [1.807, 2.05) is 24.3 Å². The number of hydrogen-bond donors (Lipinski definition) is 1. The van der Waals surface area contributed by atoms with Gasteiger partial charge >= 0.3 is 0 Å². The number of nitrogens with one attached hydrogen (secondary N) is 1. The van der Waals surface area contributed by atoms with Crippen LogP contribution in [0.5, 0.6) is 0 Å². The van der Waals surface area contributed by atoms with Gasteiger partial charge in [-0.1, -0.05) is 25.1 Å². The molecule has 1 unspecified atom stereocenters. The predicted octanol–water partition coefficient (Wildman–Crippen LogP) is 3.62. The second-order valence-electron chi connectivity index (χ2n) is 7.39. The molecule has 1 N–H and O–H groups in total. The Morgan fingerprint density at radius 3 is 2.57 bits per heavy atom. The Hall–Kier alpha value is -2.45. The van der Waals surface area contributed by atoms with Crippen LogP contribution < -0.4 is 9.62 Å². The van der Waals surface area contributed by atoms with Crippen LogP contribution in [0.3, 0.4) is 0 Å². The van der Waals surface area contributed by atoms with E-state index in [9.17, 15) is 18.5 Å². The third-order valence-electron chi connectivity index (χ3n) is 5.11. The summed E-state index contributed by atoms with van der Waals surface area (Å²) in [5.74, 6) is 0.679. The first-order valence-electron chi connectivity index (χ1n) is 9.35. The topological polar surface area (TPSA) is 92.6 Å². The first kappa shape index (κ1) is 20.3. The molecule has 1 fully saturated rings. The van der Waals surface area contributed by atoms with E-state index < -0.39 is 14.9 Å². The standard InChI is InChI=1S/C20H25N3O4S/c1-15-4-3-11-22(14-15)18-8-6-17(7-9-18)13-21-28(26,27)19-10-5-16(2)20(12-19)23(24)25/h5-10,12,15,21H,3-4,11,13-14H2,1-2H3. The first-order chi connectivity index (χ1) is 13.3. The molecule has 150 valence electrons. The Labute approximate surface area is 165 Å². The second-order valence-corrected chi connectivity index (χ2v) is 9.16. The minimum absolute atomic E-state index is 0.108. The Balaban J connectivity index is 1.68. The van der Waals surface area contributed by atoms with Gasteiger partial charge in [0.25, 0.3) is 5.69 Å². The number of rotatable bonds is 6. The summed E-state index contributed by atoms with van der Waals surface area (Å²) in [7, 11) is -3.83. The smallest absolute Gasteiger partial charge is 0.273 e. The number of aryl methyl sites for hydroxylation is 1. The van der Waals surface area contributed by atoms with Gasteiger partial charge in [0.15, 0.2) is 0 Å². The van der Waals surface area contributed by atoms with Gasteiger partial charge in [-0.05, 0) is 49.4 Å². The molecule has 1 aliphatic rings. The molecule has 0 radical (unpaired) electrons. The average Bonchev–Trinajstić information content (AvgIpc) is 2.67. The number of nitro groups is 1. The molecule has 0 saturated carbocycles. The molecule has 1 saturated heterocycles. The third kappa shape index (κ3) is 4.69. The van der Waals surface area contributed by atoms with Gasteiger partial charge in [0.2, 0.25) is 10.0 Å². The molecule has 0 spiro atoms. The van der Waals surface area contributed by atoms with Gasteiger partial charge in [-0.2, -0.15) is 0 Å². The molecule has 0 aliphatic carbocycles. The summed E-state index contributed by atoms with van der Waals surface area (Å²) in [6.07, 6.45) is 2.44. The Morgan fingerprint density at radius 2 is 1.93 bits per heavy atom. The highest BCUT2D eigenvalue weighted by Gasteiger charge is 2.20. The SMILES string of the molecule is Cc1ccc(S(=O)(=O)NCc2ccc(N3CCCC(C)C3)cc2)cc1[N+](=O)[O-]. The number of anilines is 1. The Morgan fingerprint density at radius 1 is 1.21 bits per heavy atom. The molecular weight excluding hydrogens is 378 g/mol. The number of nitro benzene ring substituents is 1. The maximum absolute atomic E-state index is 12.5. The molecule has 1 heterocycles. The number of benzene rings is 2. The molecule has 8 heteroatoms. The van der Waals surface area contributed by atoms with Crippen molar-refractivity contribution in [3.8, 4) is 0 Å². The van der Waals surface area contributed by atoms with Gasteiger partial charge in [-0.3, -0.25) is 10.1 Å². The highest BCUT2D eigenvalue weighted by atomic mass is 32.2. The molecule has 0 bridgehead atoms. The van der Waals surface area contributed by atoms with Crippen LogP contribution in [0.1, 0.15) is 30.9 Å². The quantitative estimate of drug-likeness (QED) is 0.587. The summed E-state index contributed by atoms with van der Waals surface area (Å²) >= 11 is 0. The van der Waals surface area contributed by atoms with Crippen molar-refractivity contribution in [3.63, 3.8) is 0 Å². The fourth-order valence-corrected chi connectivity index (χ4v) is 4.50. The lowest BCUT2D eigenvalue weighted by molar-refractivity contribution is -0.385. The van der Waals surface area contributed by atoms with Crippen molar-refractivity contribution in [3.05, 3.63) is 63.7 Å². The molecule has 2 aromatic rings. The summed E-state index contributed by atoms with van der Waals surface area (Å²) in [6, 6.07) is 11.8. The van der Waals surface area contributed by atoms with E-state index in [1.165, 1.54) is 25.0 Å². The highest BCUT2D eigenvalue weighted by Crippen LogP contribution is 2.24. The van der Waals surface area contributed by atoms with Crippen LogP contribution in [0.2, 0.25) is 0 Å². The molecular formula is C20H25N3O4S. The van der Waals surface area contributed by atoms with Crippen molar-refractivity contribution < 1.29 is 13.3 Å². The molecule has 0 amide bonds. The third-order valence-corrected chi connectivity index (χ3v) is 6.51. The van der Waals surface area contributed by atoms with Crippen LogP contribution >= 0.6 is 0 Å². The van der Waals surface area contributed by atoms with Crippen LogP contribution in [-0.4, -0.2) is 26.4 Å². The fourth-order valence-electron chi connectivity index (χ4n) is 3.46. The molecule has 7 nitrogen and oxygen atoms in total. The summed E-state index contributed by atoms with van der Waals surface area (Å²) in [5, 5.41) is 11.0. The molecule has 1 aliphatic heterocycles. The molecule has 28 heavy (non-hydrogen) atoms. The van der Waals surface area contributed by atoms with Crippen molar-refractivity contribution in [2.75, 3.05) is 18.0 Å². The number of nitrogens with zero attached hydrogens (tertiary/aromatic N) is 2. The predicted molar refractivity (Wildman–Crippen MR) is 109 cm³/mol. The molecule has 1 atom stereocenters. The fraction of sp³-hybridized carbons (Fsp3) is 0.400. The molecule has 2 aromatic carbocycles. The van der Waals surface area contributed by atoms with Crippen molar-refractivity contribution in [1.82, 2.24) is 4.72 Å². The van der Waals surface area contributed by atoms with Gasteiger partial charge in [0.1, 0.15) is 0 Å². The van der Waals surface area contributed by atoms with Gasteiger partial charge in [-0.25, -0.2) is 13.1 Å². The normalized spacial score (nSPS) is 17.5. The van der Waals surface area contributed by atoms with Crippen molar-refractivity contribution in [2.24, 2.45) is 5.92 Å². The first-order valence-corrected chi connectivity index (χ1v) is 10.8. The summed E-state index contributed by atoms with van der Waals surface area (Å²) in [5.41, 5.74) is 2.20. The van der Waals surface area contributed by atoms with E-state index in [2.05, 4.69) is 16.5 Å². The van der Waals surface area contributed by atoms with E-state index >= 15 is 0 Å². The number of piperidine rings is 1. The van der Waals surface area contributed by atoms with Gasteiger partial charge in [0.05, 0.1) is 9.82 Å². The average molecular weight is 404 g/mol. The van der Waals surface area contributed by atoms with Gasteiger partial charge < -0.3 is 4.90 Å². The largest absolute Gasteiger partial charge is 0.371 e. The lowest BCUT2D eigenvalue weighted by atomic mass is 9.99. The molecule has 0 aromatic heterocycles. The minimum Gasteiger partial charge on any atom is -0.371 e. The van der Waals surface area contributed by atoms with E-state index in [0.29, 0.717) is 11.5 Å². The van der Waals surface area contributed by atoms with Gasteiger partial charge in [0, 0.05) is 37.0 Å². The van der Waals surface area contributed by atoms with Crippen LogP contribution in [0.15, 0.2) is 47.4 Å². The number of hydrogen-bond acceptors (Lipinski definition) is 5. The maximum Gasteiger partial charge on any atom is 0.273 e. The van der Waals surface area contributed by atoms with E-state index in [0.717, 1.165) is 30.4 Å². The van der Waals surface area contributed by atoms with E-state index in [-0.39, 0.29) is 17.1 Å². The lowest BCUT2D eigenvalue weighted by Crippen LogP contribution is -2.34. The van der Waals surface area contributed by atoms with Crippen LogP contribution in [-0.2, 0) is 16.6 Å². The van der Waals surface area contributed by atoms with Crippen LogP contribution in [0.4, 0.5) is 11.4 Å². The lowest BCUT2D eigenvalue weighted by Gasteiger charge is -2.32. The van der Waals surface area contributed by atoms with E-state index in [4.69, 9.17) is 0 Å². The van der Waals surface area contributed by atoms with Crippen molar-refractivity contribution in [1.29, 1.82) is 0 Å². The second kappa shape index (κ2) is 8.28. The summed E-state index contributed by atoms with van der Waals surface area (Å²) < 4.78 is 27.5. The van der Waals surface area contributed by atoms with Crippen LogP contribution in [0.25, 0.3) is 0 Å². The zero-order chi connectivity index (χ0) is 20.3. The molecule has 3 rings (SSSR count). The van der Waals surface area contributed by atoms with E-state index in [1.54, 1.807) is 6.92 Å². The Kier molecular flexibility index (Phi) is 6.00. The van der Waals surface area contributed by atoms with Gasteiger partial charge in [-0.15, -0.1) is 0 Å². The zero-order valence-electron chi connectivity index (χ0n) is 16.1. The van der Waals surface area contributed by atoms with Crippen molar-refractivity contribution >= 4 is 21.4 Å². The minimum atomic E-state index is -3.83.